The first-order valence-corrected chi connectivity index (χ1v) is 9.79. The Balaban J connectivity index is 1.62. The lowest BCUT2D eigenvalue weighted by molar-refractivity contribution is -0.142. The van der Waals surface area contributed by atoms with Crippen molar-refractivity contribution in [3.05, 3.63) is 62.7 Å². The molecule has 0 aliphatic rings. The summed E-state index contributed by atoms with van der Waals surface area (Å²) in [6, 6.07) is 5.84. The summed E-state index contributed by atoms with van der Waals surface area (Å²) in [5.41, 5.74) is 0.00775. The molecule has 1 N–H and O–H groups in total. The van der Waals surface area contributed by atoms with Gasteiger partial charge in [0, 0.05) is 12.6 Å². The standard InChI is InChI=1S/C18H15BrClF4N5O/c1-10-15(19)16(18(22,23)24)26-29(10)7-6-14(30)25-17-13(20)9-28(27-17)8-11-2-4-12(21)5-3-11/h2-5,9H,6-8H2,1H3,(H,25,27,30). The molecule has 2 aromatic heterocycles. The SMILES string of the molecule is Cc1c(Br)c(C(F)(F)F)nn1CCC(=O)Nc1nn(Cc2ccc(F)cc2)cc1Cl. The summed E-state index contributed by atoms with van der Waals surface area (Å²) in [7, 11) is 0. The number of hydrogen-bond donors (Lipinski definition) is 1. The van der Waals surface area contributed by atoms with E-state index in [4.69, 9.17) is 11.6 Å². The van der Waals surface area contributed by atoms with Crippen LogP contribution in [-0.2, 0) is 24.1 Å². The van der Waals surface area contributed by atoms with Crippen LogP contribution in [-0.4, -0.2) is 25.5 Å². The molecule has 1 amide bonds. The Bertz CT molecular complexity index is 1060. The highest BCUT2D eigenvalue weighted by Gasteiger charge is 2.37. The monoisotopic (exact) mass is 507 g/mol. The second-order valence-electron chi connectivity index (χ2n) is 6.42. The van der Waals surface area contributed by atoms with Gasteiger partial charge in [-0.05, 0) is 40.5 Å². The maximum Gasteiger partial charge on any atom is 0.436 e. The zero-order valence-electron chi connectivity index (χ0n) is 15.5. The van der Waals surface area contributed by atoms with E-state index >= 15 is 0 Å². The third-order valence-electron chi connectivity index (χ3n) is 4.19. The number of nitrogens with one attached hydrogen (secondary N) is 1. The van der Waals surface area contributed by atoms with Crippen molar-refractivity contribution in [2.24, 2.45) is 0 Å². The van der Waals surface area contributed by atoms with Crippen molar-refractivity contribution >= 4 is 39.3 Å². The van der Waals surface area contributed by atoms with E-state index in [1.807, 2.05) is 0 Å². The number of alkyl halides is 3. The number of carbonyl (C=O) groups excluding carboxylic acids is 1. The van der Waals surface area contributed by atoms with Crippen LogP contribution < -0.4 is 5.32 Å². The van der Waals surface area contributed by atoms with Gasteiger partial charge in [0.1, 0.15) is 10.8 Å². The lowest BCUT2D eigenvalue weighted by atomic mass is 10.2. The van der Waals surface area contributed by atoms with Gasteiger partial charge in [-0.15, -0.1) is 0 Å². The molecule has 0 aliphatic carbocycles. The van der Waals surface area contributed by atoms with Crippen molar-refractivity contribution in [2.45, 2.75) is 32.6 Å². The van der Waals surface area contributed by atoms with Gasteiger partial charge < -0.3 is 5.32 Å². The van der Waals surface area contributed by atoms with Gasteiger partial charge in [0.2, 0.25) is 5.91 Å². The minimum absolute atomic E-state index is 0.0553. The summed E-state index contributed by atoms with van der Waals surface area (Å²) in [4.78, 5) is 12.2. The van der Waals surface area contributed by atoms with E-state index in [9.17, 15) is 22.4 Å². The van der Waals surface area contributed by atoms with Crippen LogP contribution in [0, 0.1) is 12.7 Å². The number of halogens is 6. The average Bonchev–Trinajstić information content (AvgIpc) is 3.15. The molecule has 3 aromatic rings. The zero-order chi connectivity index (χ0) is 22.1. The zero-order valence-corrected chi connectivity index (χ0v) is 17.8. The number of anilines is 1. The number of aromatic nitrogens is 4. The number of carbonyl (C=O) groups is 1. The van der Waals surface area contributed by atoms with Crippen LogP contribution in [0.3, 0.4) is 0 Å². The van der Waals surface area contributed by atoms with Crippen molar-refractivity contribution in [1.82, 2.24) is 19.6 Å². The predicted molar refractivity (Wildman–Crippen MR) is 106 cm³/mol. The van der Waals surface area contributed by atoms with Crippen LogP contribution in [0.2, 0.25) is 5.02 Å². The second-order valence-corrected chi connectivity index (χ2v) is 7.62. The fourth-order valence-electron chi connectivity index (χ4n) is 2.66. The molecule has 3 rings (SSSR count). The fourth-order valence-corrected chi connectivity index (χ4v) is 3.37. The van der Waals surface area contributed by atoms with Gasteiger partial charge in [-0.25, -0.2) is 4.39 Å². The number of amides is 1. The van der Waals surface area contributed by atoms with Gasteiger partial charge in [0.15, 0.2) is 11.5 Å². The van der Waals surface area contributed by atoms with Crippen molar-refractivity contribution in [1.29, 1.82) is 0 Å². The quantitative estimate of drug-likeness (QED) is 0.475. The van der Waals surface area contributed by atoms with Crippen molar-refractivity contribution in [3.8, 4) is 0 Å². The molecule has 0 spiro atoms. The largest absolute Gasteiger partial charge is 0.436 e. The molecule has 6 nitrogen and oxygen atoms in total. The Morgan fingerprint density at radius 1 is 1.23 bits per heavy atom. The van der Waals surface area contributed by atoms with Gasteiger partial charge in [-0.1, -0.05) is 23.7 Å². The lowest BCUT2D eigenvalue weighted by Gasteiger charge is -2.05. The number of rotatable bonds is 6. The normalized spacial score (nSPS) is 11.7. The van der Waals surface area contributed by atoms with Crippen LogP contribution in [0.1, 0.15) is 23.4 Å². The maximum atomic E-state index is 13.0. The van der Waals surface area contributed by atoms with E-state index in [2.05, 4.69) is 31.4 Å². The maximum absolute atomic E-state index is 13.0. The van der Waals surface area contributed by atoms with E-state index in [1.165, 1.54) is 29.9 Å². The van der Waals surface area contributed by atoms with E-state index < -0.39 is 17.8 Å². The van der Waals surface area contributed by atoms with Crippen molar-refractivity contribution < 1.29 is 22.4 Å². The molecular weight excluding hydrogens is 494 g/mol. The number of hydrogen-bond acceptors (Lipinski definition) is 3. The Morgan fingerprint density at radius 2 is 1.90 bits per heavy atom. The minimum atomic E-state index is -4.60. The summed E-state index contributed by atoms with van der Waals surface area (Å²) in [5.74, 6) is -0.714. The summed E-state index contributed by atoms with van der Waals surface area (Å²) < 4.78 is 54.2. The highest BCUT2D eigenvalue weighted by Crippen LogP contribution is 2.35. The van der Waals surface area contributed by atoms with Gasteiger partial charge >= 0.3 is 6.18 Å². The van der Waals surface area contributed by atoms with Gasteiger partial charge in [0.25, 0.3) is 0 Å². The van der Waals surface area contributed by atoms with Gasteiger partial charge in [0.05, 0.1) is 23.3 Å². The Labute approximate surface area is 181 Å². The summed E-state index contributed by atoms with van der Waals surface area (Å²) in [5, 5.41) is 10.4. The first kappa shape index (κ1) is 22.3. The van der Waals surface area contributed by atoms with Gasteiger partial charge in [-0.2, -0.15) is 23.4 Å². The van der Waals surface area contributed by atoms with Crippen molar-refractivity contribution in [3.63, 3.8) is 0 Å². The molecule has 0 saturated carbocycles. The molecule has 160 valence electrons. The predicted octanol–water partition coefficient (Wildman–Crippen LogP) is 5.04. The molecule has 1 aromatic carbocycles. The second kappa shape index (κ2) is 8.76. The molecule has 0 radical (unpaired) electrons. The topological polar surface area (TPSA) is 64.7 Å². The van der Waals surface area contributed by atoms with Crippen LogP contribution in [0.15, 0.2) is 34.9 Å². The molecular formula is C18H15BrClF4N5O. The molecule has 2 heterocycles. The molecule has 0 unspecified atom stereocenters. The third kappa shape index (κ3) is 5.20. The number of nitrogens with zero attached hydrogens (tertiary/aromatic N) is 4. The Hall–Kier alpha value is -2.40. The van der Waals surface area contributed by atoms with Crippen LogP contribution in [0.4, 0.5) is 23.4 Å². The van der Waals surface area contributed by atoms with E-state index in [0.717, 1.165) is 10.2 Å². The third-order valence-corrected chi connectivity index (χ3v) is 5.41. The first-order valence-electron chi connectivity index (χ1n) is 8.62. The summed E-state index contributed by atoms with van der Waals surface area (Å²) in [6.07, 6.45) is -3.22. The highest BCUT2D eigenvalue weighted by molar-refractivity contribution is 9.10. The van der Waals surface area contributed by atoms with Gasteiger partial charge in [-0.3, -0.25) is 14.2 Å². The molecule has 0 bridgehead atoms. The van der Waals surface area contributed by atoms with E-state index in [-0.39, 0.29) is 39.8 Å². The minimum Gasteiger partial charge on any atom is -0.308 e. The van der Waals surface area contributed by atoms with E-state index in [1.54, 1.807) is 12.1 Å². The van der Waals surface area contributed by atoms with E-state index in [0.29, 0.717) is 6.54 Å². The molecule has 0 fully saturated rings. The first-order chi connectivity index (χ1) is 14.0. The summed E-state index contributed by atoms with van der Waals surface area (Å²) >= 11 is 8.98. The molecule has 0 saturated heterocycles. The molecule has 0 aliphatic heterocycles. The fraction of sp³-hybridized carbons (Fsp3) is 0.278. The summed E-state index contributed by atoms with van der Waals surface area (Å²) in [6.45, 7) is 1.73. The average molecular weight is 509 g/mol. The highest BCUT2D eigenvalue weighted by atomic mass is 79.9. The smallest absolute Gasteiger partial charge is 0.308 e. The van der Waals surface area contributed by atoms with Crippen LogP contribution in [0.25, 0.3) is 0 Å². The number of benzene rings is 1. The van der Waals surface area contributed by atoms with Crippen LogP contribution >= 0.6 is 27.5 Å². The Morgan fingerprint density at radius 3 is 2.50 bits per heavy atom. The molecule has 12 heteroatoms. The number of aryl methyl sites for hydroxylation is 1. The molecule has 0 atom stereocenters. The lowest BCUT2D eigenvalue weighted by Crippen LogP contribution is -2.17. The van der Waals surface area contributed by atoms with Crippen molar-refractivity contribution in [2.75, 3.05) is 5.32 Å². The molecule has 30 heavy (non-hydrogen) atoms. The Kier molecular flexibility index (Phi) is 6.51. The van der Waals surface area contributed by atoms with Crippen LogP contribution in [0.5, 0.6) is 0 Å².